The second-order valence-electron chi connectivity index (χ2n) is 5.22. The van der Waals surface area contributed by atoms with Crippen LogP contribution in [0.2, 0.25) is 15.1 Å². The van der Waals surface area contributed by atoms with Crippen molar-refractivity contribution in [1.29, 1.82) is 0 Å². The fourth-order valence-electron chi connectivity index (χ4n) is 2.27. The SMILES string of the molecule is COC(=O)c1cc(=O)n(-c2ccccc2)c(=Nc2c(Cl)cc(Cl)cc2Cl)s1. The van der Waals surface area contributed by atoms with Crippen molar-refractivity contribution in [3.05, 3.63) is 83.6 Å². The van der Waals surface area contributed by atoms with Gasteiger partial charge in [0.1, 0.15) is 10.6 Å². The molecule has 0 aliphatic rings. The van der Waals surface area contributed by atoms with Crippen molar-refractivity contribution in [3.63, 3.8) is 0 Å². The van der Waals surface area contributed by atoms with Gasteiger partial charge in [-0.1, -0.05) is 64.3 Å². The molecule has 0 amide bonds. The highest BCUT2D eigenvalue weighted by atomic mass is 35.5. The number of methoxy groups -OCH3 is 1. The van der Waals surface area contributed by atoms with Crippen molar-refractivity contribution in [1.82, 2.24) is 4.57 Å². The Morgan fingerprint density at radius 1 is 1.07 bits per heavy atom. The summed E-state index contributed by atoms with van der Waals surface area (Å²) in [7, 11) is 1.24. The number of rotatable bonds is 3. The van der Waals surface area contributed by atoms with Gasteiger partial charge in [-0.05, 0) is 24.3 Å². The Kier molecular flexibility index (Phi) is 6.01. The number of halogens is 3. The Bertz CT molecular complexity index is 1120. The van der Waals surface area contributed by atoms with Gasteiger partial charge in [-0.25, -0.2) is 9.79 Å². The Morgan fingerprint density at radius 2 is 1.70 bits per heavy atom. The van der Waals surface area contributed by atoms with Crippen LogP contribution in [0.5, 0.6) is 0 Å². The number of hydrogen-bond donors (Lipinski definition) is 0. The molecule has 0 unspecified atom stereocenters. The average Bonchev–Trinajstić information content (AvgIpc) is 2.64. The summed E-state index contributed by atoms with van der Waals surface area (Å²) in [6.45, 7) is 0. The lowest BCUT2D eigenvalue weighted by Gasteiger charge is -2.08. The number of para-hydroxylation sites is 1. The Hall–Kier alpha value is -2.12. The summed E-state index contributed by atoms with van der Waals surface area (Å²) in [5.74, 6) is -0.637. The van der Waals surface area contributed by atoms with Crippen molar-refractivity contribution in [2.45, 2.75) is 0 Å². The van der Waals surface area contributed by atoms with E-state index in [0.29, 0.717) is 10.7 Å². The standard InChI is InChI=1S/C18H11Cl3N2O3S/c1-26-17(25)14-9-15(24)23(11-5-3-2-4-6-11)18(27-14)22-16-12(20)7-10(19)8-13(16)21/h2-9H,1H3. The number of carbonyl (C=O) groups is 1. The molecule has 27 heavy (non-hydrogen) atoms. The smallest absolute Gasteiger partial charge is 0.348 e. The molecule has 0 radical (unpaired) electrons. The van der Waals surface area contributed by atoms with Crippen LogP contribution in [0.4, 0.5) is 5.69 Å². The van der Waals surface area contributed by atoms with Crippen LogP contribution in [0.25, 0.3) is 5.69 Å². The lowest BCUT2D eigenvalue weighted by Crippen LogP contribution is -2.31. The van der Waals surface area contributed by atoms with Gasteiger partial charge in [0.15, 0.2) is 4.80 Å². The van der Waals surface area contributed by atoms with Crippen LogP contribution in [0.15, 0.2) is 58.3 Å². The van der Waals surface area contributed by atoms with Crippen LogP contribution in [-0.4, -0.2) is 17.6 Å². The number of benzene rings is 2. The summed E-state index contributed by atoms with van der Waals surface area (Å²) in [5, 5.41) is 0.793. The predicted octanol–water partition coefficient (Wildman–Crippen LogP) is 4.88. The normalized spacial score (nSPS) is 11.5. The van der Waals surface area contributed by atoms with E-state index in [9.17, 15) is 9.59 Å². The lowest BCUT2D eigenvalue weighted by atomic mass is 10.3. The molecular formula is C18H11Cl3N2O3S. The first kappa shape index (κ1) is 19.6. The van der Waals surface area contributed by atoms with E-state index in [0.717, 1.165) is 11.3 Å². The highest BCUT2D eigenvalue weighted by Crippen LogP contribution is 2.35. The minimum Gasteiger partial charge on any atom is -0.465 e. The maximum atomic E-state index is 12.7. The van der Waals surface area contributed by atoms with Crippen molar-refractivity contribution >= 4 is 57.8 Å². The second-order valence-corrected chi connectivity index (χ2v) is 7.48. The van der Waals surface area contributed by atoms with Crippen LogP contribution in [0.1, 0.15) is 9.67 Å². The third kappa shape index (κ3) is 4.25. The molecule has 3 rings (SSSR count). The third-order valence-corrected chi connectivity index (χ3v) is 5.21. The van der Waals surface area contributed by atoms with E-state index < -0.39 is 11.5 Å². The van der Waals surface area contributed by atoms with Gasteiger partial charge in [-0.15, -0.1) is 0 Å². The van der Waals surface area contributed by atoms with Crippen molar-refractivity contribution in [2.24, 2.45) is 4.99 Å². The molecule has 0 aliphatic carbocycles. The molecule has 3 aromatic rings. The number of carbonyl (C=O) groups excluding carboxylic acids is 1. The molecule has 0 fully saturated rings. The van der Waals surface area contributed by atoms with Crippen LogP contribution in [0, 0.1) is 0 Å². The van der Waals surface area contributed by atoms with Gasteiger partial charge >= 0.3 is 5.97 Å². The van der Waals surface area contributed by atoms with Crippen molar-refractivity contribution in [2.75, 3.05) is 7.11 Å². The van der Waals surface area contributed by atoms with Gasteiger partial charge in [0.25, 0.3) is 5.56 Å². The molecule has 138 valence electrons. The molecule has 2 aromatic carbocycles. The second kappa shape index (κ2) is 8.27. The summed E-state index contributed by atoms with van der Waals surface area (Å²) in [4.78, 5) is 29.4. The highest BCUT2D eigenvalue weighted by Gasteiger charge is 2.14. The van der Waals surface area contributed by atoms with E-state index in [1.165, 1.54) is 29.9 Å². The Morgan fingerprint density at radius 3 is 2.30 bits per heavy atom. The van der Waals surface area contributed by atoms with Gasteiger partial charge in [0.2, 0.25) is 0 Å². The van der Waals surface area contributed by atoms with Crippen LogP contribution in [-0.2, 0) is 4.74 Å². The lowest BCUT2D eigenvalue weighted by molar-refractivity contribution is 0.0606. The number of esters is 1. The van der Waals surface area contributed by atoms with E-state index in [1.807, 2.05) is 6.07 Å². The fourth-order valence-corrected chi connectivity index (χ4v) is 4.12. The first-order valence-corrected chi connectivity index (χ1v) is 9.46. The van der Waals surface area contributed by atoms with E-state index in [2.05, 4.69) is 4.99 Å². The molecule has 0 saturated heterocycles. The quantitative estimate of drug-likeness (QED) is 0.544. The van der Waals surface area contributed by atoms with Crippen molar-refractivity contribution < 1.29 is 9.53 Å². The summed E-state index contributed by atoms with van der Waals surface area (Å²) < 4.78 is 6.08. The zero-order valence-electron chi connectivity index (χ0n) is 13.8. The molecule has 0 bridgehead atoms. The zero-order chi connectivity index (χ0) is 19.6. The minimum absolute atomic E-state index is 0.106. The summed E-state index contributed by atoms with van der Waals surface area (Å²) in [6, 6.07) is 13.1. The molecule has 9 heteroatoms. The Balaban J connectivity index is 2.38. The molecule has 1 heterocycles. The monoisotopic (exact) mass is 440 g/mol. The van der Waals surface area contributed by atoms with Crippen LogP contribution >= 0.6 is 46.1 Å². The summed E-state index contributed by atoms with van der Waals surface area (Å²) in [6.07, 6.45) is 0. The van der Waals surface area contributed by atoms with Gasteiger partial charge < -0.3 is 4.74 Å². The third-order valence-electron chi connectivity index (χ3n) is 3.46. The largest absolute Gasteiger partial charge is 0.465 e. The number of ether oxygens (including phenoxy) is 1. The van der Waals surface area contributed by atoms with E-state index in [1.54, 1.807) is 24.3 Å². The fraction of sp³-hybridized carbons (Fsp3) is 0.0556. The van der Waals surface area contributed by atoms with Crippen LogP contribution < -0.4 is 10.4 Å². The number of hydrogen-bond acceptors (Lipinski definition) is 5. The number of aromatic nitrogens is 1. The minimum atomic E-state index is -0.637. The molecule has 0 spiro atoms. The molecular weight excluding hydrogens is 431 g/mol. The first-order valence-electron chi connectivity index (χ1n) is 7.51. The van der Waals surface area contributed by atoms with Gasteiger partial charge in [0.05, 0.1) is 22.8 Å². The van der Waals surface area contributed by atoms with E-state index >= 15 is 0 Å². The highest BCUT2D eigenvalue weighted by molar-refractivity contribution is 7.11. The summed E-state index contributed by atoms with van der Waals surface area (Å²) in [5.41, 5.74) is 0.375. The summed E-state index contributed by atoms with van der Waals surface area (Å²) >= 11 is 19.3. The van der Waals surface area contributed by atoms with Crippen LogP contribution in [0.3, 0.4) is 0 Å². The first-order chi connectivity index (χ1) is 12.9. The number of nitrogens with zero attached hydrogens (tertiary/aromatic N) is 2. The van der Waals surface area contributed by atoms with Gasteiger partial charge in [-0.2, -0.15) is 0 Å². The topological polar surface area (TPSA) is 60.7 Å². The van der Waals surface area contributed by atoms with E-state index in [-0.39, 0.29) is 25.4 Å². The molecule has 1 aromatic heterocycles. The van der Waals surface area contributed by atoms with E-state index in [4.69, 9.17) is 39.5 Å². The van der Waals surface area contributed by atoms with Crippen molar-refractivity contribution in [3.8, 4) is 5.69 Å². The molecule has 0 saturated carbocycles. The molecule has 0 atom stereocenters. The maximum absolute atomic E-state index is 12.7. The zero-order valence-corrected chi connectivity index (χ0v) is 16.9. The van der Waals surface area contributed by atoms with Gasteiger partial charge in [0, 0.05) is 11.1 Å². The molecule has 0 aliphatic heterocycles. The predicted molar refractivity (Wildman–Crippen MR) is 108 cm³/mol. The molecule has 5 nitrogen and oxygen atoms in total. The molecule has 0 N–H and O–H groups in total. The average molecular weight is 442 g/mol. The maximum Gasteiger partial charge on any atom is 0.348 e. The van der Waals surface area contributed by atoms with Gasteiger partial charge in [-0.3, -0.25) is 9.36 Å². The Labute approximate surface area is 173 Å².